The number of nitrogens with zero attached hydrogens (tertiary/aromatic N) is 2. The summed E-state index contributed by atoms with van der Waals surface area (Å²) < 4.78 is 13.1. The number of halogens is 1. The molecule has 110 valence electrons. The van der Waals surface area contributed by atoms with E-state index in [1.807, 2.05) is 30.3 Å². The van der Waals surface area contributed by atoms with Crippen molar-refractivity contribution in [3.8, 4) is 0 Å². The molecule has 1 heterocycles. The molecule has 0 aliphatic rings. The molecule has 1 aromatic heterocycles. The standard InChI is InChI=1S/C16H17FN2O2/c1-19(16(21)13-8-5-9-15(17)18-13)14(10-11-20)12-6-3-2-4-7-12/h2-9,14,20H,10-11H2,1H3. The quantitative estimate of drug-likeness (QED) is 0.860. The van der Waals surface area contributed by atoms with Crippen molar-refractivity contribution in [2.45, 2.75) is 12.5 Å². The van der Waals surface area contributed by atoms with Gasteiger partial charge in [-0.05, 0) is 24.1 Å². The Labute approximate surface area is 122 Å². The van der Waals surface area contributed by atoms with Gasteiger partial charge >= 0.3 is 0 Å². The average molecular weight is 288 g/mol. The Bertz CT molecular complexity index is 604. The Morgan fingerprint density at radius 3 is 2.57 bits per heavy atom. The van der Waals surface area contributed by atoms with Crippen LogP contribution in [0.15, 0.2) is 48.5 Å². The number of benzene rings is 1. The largest absolute Gasteiger partial charge is 0.396 e. The van der Waals surface area contributed by atoms with Gasteiger partial charge in [-0.3, -0.25) is 4.79 Å². The number of aromatic nitrogens is 1. The van der Waals surface area contributed by atoms with Crippen molar-refractivity contribution in [3.05, 3.63) is 65.7 Å². The van der Waals surface area contributed by atoms with Gasteiger partial charge in [-0.15, -0.1) is 0 Å². The summed E-state index contributed by atoms with van der Waals surface area (Å²) in [6.07, 6.45) is 0.404. The molecule has 0 radical (unpaired) electrons. The molecule has 0 spiro atoms. The fraction of sp³-hybridized carbons (Fsp3) is 0.250. The number of hydrogen-bond acceptors (Lipinski definition) is 3. The summed E-state index contributed by atoms with van der Waals surface area (Å²) in [7, 11) is 1.63. The molecule has 4 nitrogen and oxygen atoms in total. The first-order chi connectivity index (χ1) is 10.1. The SMILES string of the molecule is CN(C(=O)c1cccc(F)n1)C(CCO)c1ccccc1. The van der Waals surface area contributed by atoms with Crippen LogP contribution in [0.2, 0.25) is 0 Å². The van der Waals surface area contributed by atoms with Gasteiger partial charge in [-0.2, -0.15) is 4.39 Å². The van der Waals surface area contributed by atoms with E-state index < -0.39 is 5.95 Å². The van der Waals surface area contributed by atoms with Crippen molar-refractivity contribution in [3.63, 3.8) is 0 Å². The van der Waals surface area contributed by atoms with Gasteiger partial charge in [0.15, 0.2) is 0 Å². The number of amides is 1. The number of carbonyl (C=O) groups is 1. The molecule has 0 saturated heterocycles. The lowest BCUT2D eigenvalue weighted by Gasteiger charge is -2.28. The van der Waals surface area contributed by atoms with E-state index in [1.165, 1.54) is 23.1 Å². The van der Waals surface area contributed by atoms with Crippen LogP contribution in [0.4, 0.5) is 4.39 Å². The minimum absolute atomic E-state index is 0.0479. The van der Waals surface area contributed by atoms with E-state index in [0.29, 0.717) is 6.42 Å². The first-order valence-electron chi connectivity index (χ1n) is 6.69. The number of rotatable bonds is 5. The summed E-state index contributed by atoms with van der Waals surface area (Å²) in [5.74, 6) is -1.07. The molecule has 1 aromatic carbocycles. The summed E-state index contributed by atoms with van der Waals surface area (Å²) in [6, 6.07) is 13.3. The van der Waals surface area contributed by atoms with Gasteiger partial charge in [0.25, 0.3) is 5.91 Å². The van der Waals surface area contributed by atoms with E-state index in [4.69, 9.17) is 0 Å². The zero-order chi connectivity index (χ0) is 15.2. The van der Waals surface area contributed by atoms with E-state index in [1.54, 1.807) is 7.05 Å². The zero-order valence-electron chi connectivity index (χ0n) is 11.7. The van der Waals surface area contributed by atoms with Crippen molar-refractivity contribution in [1.29, 1.82) is 0 Å². The molecule has 2 aromatic rings. The highest BCUT2D eigenvalue weighted by atomic mass is 19.1. The van der Waals surface area contributed by atoms with Crippen molar-refractivity contribution >= 4 is 5.91 Å². The maximum Gasteiger partial charge on any atom is 0.272 e. The van der Waals surface area contributed by atoms with Crippen LogP contribution in [0.3, 0.4) is 0 Å². The van der Waals surface area contributed by atoms with Crippen LogP contribution in [-0.2, 0) is 0 Å². The number of carbonyl (C=O) groups excluding carboxylic acids is 1. The van der Waals surface area contributed by atoms with Crippen LogP contribution in [0.25, 0.3) is 0 Å². The monoisotopic (exact) mass is 288 g/mol. The van der Waals surface area contributed by atoms with Gasteiger partial charge in [-0.25, -0.2) is 4.98 Å². The second-order valence-electron chi connectivity index (χ2n) is 4.70. The number of hydrogen-bond donors (Lipinski definition) is 1. The molecule has 0 aliphatic heterocycles. The smallest absolute Gasteiger partial charge is 0.272 e. The lowest BCUT2D eigenvalue weighted by molar-refractivity contribution is 0.0698. The fourth-order valence-corrected chi connectivity index (χ4v) is 2.23. The van der Waals surface area contributed by atoms with Gasteiger partial charge in [0.05, 0.1) is 6.04 Å². The third-order valence-electron chi connectivity index (χ3n) is 3.31. The van der Waals surface area contributed by atoms with Gasteiger partial charge in [0.2, 0.25) is 5.95 Å². The summed E-state index contributed by atoms with van der Waals surface area (Å²) in [4.78, 5) is 17.5. The second kappa shape index (κ2) is 6.95. The molecular formula is C16H17FN2O2. The summed E-state index contributed by atoms with van der Waals surface area (Å²) in [5.41, 5.74) is 0.968. The highest BCUT2D eigenvalue weighted by molar-refractivity contribution is 5.92. The summed E-state index contributed by atoms with van der Waals surface area (Å²) >= 11 is 0. The predicted molar refractivity (Wildman–Crippen MR) is 77.2 cm³/mol. The molecule has 2 rings (SSSR count). The van der Waals surface area contributed by atoms with Crippen LogP contribution in [0.1, 0.15) is 28.5 Å². The third-order valence-corrected chi connectivity index (χ3v) is 3.31. The van der Waals surface area contributed by atoms with Crippen LogP contribution in [-0.4, -0.2) is 34.6 Å². The second-order valence-corrected chi connectivity index (χ2v) is 4.70. The lowest BCUT2D eigenvalue weighted by Crippen LogP contribution is -2.32. The molecule has 1 unspecified atom stereocenters. The number of aliphatic hydroxyl groups excluding tert-OH is 1. The van der Waals surface area contributed by atoms with E-state index in [-0.39, 0.29) is 24.2 Å². The lowest BCUT2D eigenvalue weighted by atomic mass is 10.0. The molecule has 1 N–H and O–H groups in total. The molecule has 1 atom stereocenters. The van der Waals surface area contributed by atoms with Crippen molar-refractivity contribution in [2.24, 2.45) is 0 Å². The predicted octanol–water partition coefficient (Wildman–Crippen LogP) is 2.42. The van der Waals surface area contributed by atoms with Gasteiger partial charge in [-0.1, -0.05) is 36.4 Å². The number of pyridine rings is 1. The topological polar surface area (TPSA) is 53.4 Å². The molecule has 21 heavy (non-hydrogen) atoms. The molecule has 0 saturated carbocycles. The maximum atomic E-state index is 13.1. The molecular weight excluding hydrogens is 271 g/mol. The van der Waals surface area contributed by atoms with E-state index >= 15 is 0 Å². The first kappa shape index (κ1) is 15.1. The molecule has 0 fully saturated rings. The van der Waals surface area contributed by atoms with Crippen LogP contribution < -0.4 is 0 Å². The minimum atomic E-state index is -0.687. The van der Waals surface area contributed by atoms with Crippen molar-refractivity contribution in [1.82, 2.24) is 9.88 Å². The van der Waals surface area contributed by atoms with Crippen LogP contribution in [0, 0.1) is 5.95 Å². The van der Waals surface area contributed by atoms with Crippen molar-refractivity contribution in [2.75, 3.05) is 13.7 Å². The van der Waals surface area contributed by atoms with E-state index in [9.17, 15) is 14.3 Å². The molecule has 0 aliphatic carbocycles. The Kier molecular flexibility index (Phi) is 5.00. The maximum absolute atomic E-state index is 13.1. The summed E-state index contributed by atoms with van der Waals surface area (Å²) in [6.45, 7) is -0.0479. The normalized spacial score (nSPS) is 12.0. The van der Waals surface area contributed by atoms with Crippen molar-refractivity contribution < 1.29 is 14.3 Å². The first-order valence-corrected chi connectivity index (χ1v) is 6.69. The zero-order valence-corrected chi connectivity index (χ0v) is 11.7. The molecule has 5 heteroatoms. The Hall–Kier alpha value is -2.27. The van der Waals surface area contributed by atoms with Gasteiger partial charge in [0.1, 0.15) is 5.69 Å². The minimum Gasteiger partial charge on any atom is -0.396 e. The fourth-order valence-electron chi connectivity index (χ4n) is 2.23. The van der Waals surface area contributed by atoms with E-state index in [0.717, 1.165) is 5.56 Å². The molecule has 1 amide bonds. The average Bonchev–Trinajstić information content (AvgIpc) is 2.52. The molecule has 0 bridgehead atoms. The van der Waals surface area contributed by atoms with Gasteiger partial charge < -0.3 is 10.0 Å². The highest BCUT2D eigenvalue weighted by Crippen LogP contribution is 2.24. The summed E-state index contributed by atoms with van der Waals surface area (Å²) in [5, 5.41) is 9.23. The Morgan fingerprint density at radius 2 is 1.95 bits per heavy atom. The van der Waals surface area contributed by atoms with Gasteiger partial charge in [0, 0.05) is 13.7 Å². The van der Waals surface area contributed by atoms with Crippen LogP contribution >= 0.6 is 0 Å². The van der Waals surface area contributed by atoms with E-state index in [2.05, 4.69) is 4.98 Å². The Morgan fingerprint density at radius 1 is 1.24 bits per heavy atom. The Balaban J connectivity index is 2.26. The third kappa shape index (κ3) is 3.64. The number of aliphatic hydroxyl groups is 1. The van der Waals surface area contributed by atoms with Crippen LogP contribution in [0.5, 0.6) is 0 Å². The highest BCUT2D eigenvalue weighted by Gasteiger charge is 2.23.